The molecule has 0 saturated carbocycles. The maximum Gasteiger partial charge on any atom is 0.0127 e. The van der Waals surface area contributed by atoms with Crippen molar-refractivity contribution in [3.05, 3.63) is 10.5 Å². The molecule has 0 nitrogen and oxygen atoms in total. The molecule has 1 heterocycles. The van der Waals surface area contributed by atoms with Gasteiger partial charge in [0.25, 0.3) is 0 Å². The van der Waals surface area contributed by atoms with Crippen LogP contribution < -0.4 is 0 Å². The van der Waals surface area contributed by atoms with Crippen LogP contribution in [0.2, 0.25) is 0 Å². The molecular weight excluding hydrogens is 255 g/mol. The minimum absolute atomic E-state index is 0.799. The molecule has 0 aromatic rings. The van der Waals surface area contributed by atoms with Crippen molar-refractivity contribution < 1.29 is 0 Å². The maximum atomic E-state index is 2.49. The predicted octanol–water partition coefficient (Wildman–Crippen LogP) is 3.61. The molecule has 0 amide bonds. The van der Waals surface area contributed by atoms with E-state index in [-0.39, 0.29) is 0 Å². The van der Waals surface area contributed by atoms with Crippen molar-refractivity contribution in [1.82, 2.24) is 0 Å². The van der Waals surface area contributed by atoms with Crippen LogP contribution in [0.25, 0.3) is 0 Å². The number of hydrogen-bond acceptors (Lipinski definition) is 1. The molecular formula is C8H13IS. The number of rotatable bonds is 2. The molecule has 0 fully saturated rings. The zero-order valence-electron chi connectivity index (χ0n) is 6.48. The third-order valence-electron chi connectivity index (χ3n) is 1.70. The molecule has 0 aliphatic carbocycles. The van der Waals surface area contributed by atoms with Crippen molar-refractivity contribution in [2.24, 2.45) is 0 Å². The van der Waals surface area contributed by atoms with Crippen LogP contribution in [0.1, 0.15) is 26.7 Å². The zero-order chi connectivity index (χ0) is 7.56. The third-order valence-corrected chi connectivity index (χ3v) is 3.41. The molecule has 0 spiro atoms. The van der Waals surface area contributed by atoms with E-state index in [0.29, 0.717) is 0 Å². The molecule has 58 valence electrons. The van der Waals surface area contributed by atoms with E-state index in [1.54, 1.807) is 10.5 Å². The topological polar surface area (TPSA) is 0 Å². The second-order valence-corrected chi connectivity index (χ2v) is 6.10. The Labute approximate surface area is 81.0 Å². The first kappa shape index (κ1) is 8.91. The minimum atomic E-state index is 0.799. The lowest BCUT2D eigenvalue weighted by molar-refractivity contribution is 0.984. The molecule has 0 N–H and O–H groups in total. The van der Waals surface area contributed by atoms with Gasteiger partial charge < -0.3 is 0 Å². The molecule has 10 heavy (non-hydrogen) atoms. The molecule has 1 rings (SSSR count). The highest BCUT2D eigenvalue weighted by atomic mass is 127. The van der Waals surface area contributed by atoms with Crippen molar-refractivity contribution >= 4 is 34.4 Å². The first-order valence-electron chi connectivity index (χ1n) is 3.65. The first-order valence-corrected chi connectivity index (χ1v) is 5.88. The van der Waals surface area contributed by atoms with Crippen molar-refractivity contribution in [1.29, 1.82) is 0 Å². The van der Waals surface area contributed by atoms with E-state index < -0.39 is 0 Å². The highest BCUT2D eigenvalue weighted by molar-refractivity contribution is 14.1. The fraction of sp³-hybridized carbons (Fsp3) is 0.750. The summed E-state index contributed by atoms with van der Waals surface area (Å²) in [6.45, 7) is 4.55. The monoisotopic (exact) mass is 268 g/mol. The number of allylic oxidation sites excluding steroid dienone is 2. The number of thioether (sulfide) groups is 1. The van der Waals surface area contributed by atoms with E-state index in [9.17, 15) is 0 Å². The molecule has 1 aliphatic rings. The van der Waals surface area contributed by atoms with Crippen molar-refractivity contribution in [3.8, 4) is 0 Å². The summed E-state index contributed by atoms with van der Waals surface area (Å²) in [7, 11) is 0. The van der Waals surface area contributed by atoms with Gasteiger partial charge in [-0.1, -0.05) is 35.1 Å². The van der Waals surface area contributed by atoms with Gasteiger partial charge in [0.2, 0.25) is 0 Å². The molecule has 0 bridgehead atoms. The Morgan fingerprint density at radius 1 is 1.70 bits per heavy atom. The maximum absolute atomic E-state index is 2.49. The van der Waals surface area contributed by atoms with Crippen LogP contribution in [-0.2, 0) is 0 Å². The number of hydrogen-bond donors (Lipinski definition) is 0. The largest absolute Gasteiger partial charge is 0.130 e. The first-order chi connectivity index (χ1) is 4.70. The second-order valence-electron chi connectivity index (χ2n) is 2.79. The molecule has 0 saturated heterocycles. The van der Waals surface area contributed by atoms with Gasteiger partial charge in [-0.3, -0.25) is 0 Å². The molecule has 0 aromatic carbocycles. The van der Waals surface area contributed by atoms with Crippen LogP contribution in [0.4, 0.5) is 0 Å². The van der Waals surface area contributed by atoms with Crippen LogP contribution >= 0.6 is 34.4 Å². The van der Waals surface area contributed by atoms with E-state index in [0.717, 1.165) is 3.92 Å². The predicted molar refractivity (Wildman–Crippen MR) is 57.9 cm³/mol. The SMILES string of the molecule is CC1=C(CC(C)I)SCC1. The van der Waals surface area contributed by atoms with Gasteiger partial charge in [0.1, 0.15) is 0 Å². The van der Waals surface area contributed by atoms with E-state index >= 15 is 0 Å². The van der Waals surface area contributed by atoms with Gasteiger partial charge in [-0.05, 0) is 24.7 Å². The fourth-order valence-electron chi connectivity index (χ4n) is 1.08. The average Bonchev–Trinajstić information content (AvgIpc) is 2.15. The van der Waals surface area contributed by atoms with Crippen molar-refractivity contribution in [2.45, 2.75) is 30.6 Å². The second kappa shape index (κ2) is 4.00. The van der Waals surface area contributed by atoms with E-state index in [1.807, 2.05) is 0 Å². The van der Waals surface area contributed by atoms with Gasteiger partial charge in [-0.15, -0.1) is 11.8 Å². The standard InChI is InChI=1S/C8H13IS/c1-6-3-4-10-8(6)5-7(2)9/h7H,3-5H2,1-2H3. The lowest BCUT2D eigenvalue weighted by Gasteiger charge is -2.03. The normalized spacial score (nSPS) is 21.9. The van der Waals surface area contributed by atoms with Gasteiger partial charge in [-0.25, -0.2) is 0 Å². The molecule has 0 radical (unpaired) electrons. The van der Waals surface area contributed by atoms with Gasteiger partial charge in [-0.2, -0.15) is 0 Å². The Morgan fingerprint density at radius 2 is 2.40 bits per heavy atom. The third kappa shape index (κ3) is 2.46. The van der Waals surface area contributed by atoms with Gasteiger partial charge in [0.05, 0.1) is 0 Å². The van der Waals surface area contributed by atoms with Gasteiger partial charge in [0.15, 0.2) is 0 Å². The van der Waals surface area contributed by atoms with E-state index in [2.05, 4.69) is 48.2 Å². The summed E-state index contributed by atoms with van der Waals surface area (Å²) in [5, 5.41) is 0. The Kier molecular flexibility index (Phi) is 3.56. The highest BCUT2D eigenvalue weighted by Crippen LogP contribution is 2.35. The van der Waals surface area contributed by atoms with Gasteiger partial charge >= 0.3 is 0 Å². The van der Waals surface area contributed by atoms with E-state index in [1.165, 1.54) is 18.6 Å². The summed E-state index contributed by atoms with van der Waals surface area (Å²) in [6.07, 6.45) is 2.61. The summed E-state index contributed by atoms with van der Waals surface area (Å²) < 4.78 is 0.799. The Morgan fingerprint density at radius 3 is 2.80 bits per heavy atom. The number of halogens is 1. The molecule has 1 aliphatic heterocycles. The van der Waals surface area contributed by atoms with Crippen molar-refractivity contribution in [2.75, 3.05) is 5.75 Å². The highest BCUT2D eigenvalue weighted by Gasteiger charge is 2.12. The molecule has 2 heteroatoms. The smallest absolute Gasteiger partial charge is 0.0127 e. The minimum Gasteiger partial charge on any atom is -0.130 e. The molecule has 1 atom stereocenters. The van der Waals surface area contributed by atoms with E-state index in [4.69, 9.17) is 0 Å². The Balaban J connectivity index is 2.46. The summed E-state index contributed by atoms with van der Waals surface area (Å²) >= 11 is 4.55. The Hall–Kier alpha value is 0.820. The van der Waals surface area contributed by atoms with Crippen LogP contribution in [0.3, 0.4) is 0 Å². The summed E-state index contributed by atoms with van der Waals surface area (Å²) in [5.74, 6) is 1.32. The summed E-state index contributed by atoms with van der Waals surface area (Å²) in [5.41, 5.74) is 1.63. The molecule has 0 aromatic heterocycles. The molecule has 1 unspecified atom stereocenters. The number of alkyl halides is 1. The van der Waals surface area contributed by atoms with Crippen LogP contribution in [0, 0.1) is 0 Å². The van der Waals surface area contributed by atoms with Crippen molar-refractivity contribution in [3.63, 3.8) is 0 Å². The Bertz CT molecular complexity index is 149. The lowest BCUT2D eigenvalue weighted by atomic mass is 10.2. The fourth-order valence-corrected chi connectivity index (χ4v) is 3.19. The zero-order valence-corrected chi connectivity index (χ0v) is 9.46. The van der Waals surface area contributed by atoms with Crippen LogP contribution in [0.5, 0.6) is 0 Å². The summed E-state index contributed by atoms with van der Waals surface area (Å²) in [4.78, 5) is 1.65. The lowest BCUT2D eigenvalue weighted by Crippen LogP contribution is -1.89. The van der Waals surface area contributed by atoms with Crippen LogP contribution in [0.15, 0.2) is 10.5 Å². The summed E-state index contributed by atoms with van der Waals surface area (Å²) in [6, 6.07) is 0. The average molecular weight is 268 g/mol. The van der Waals surface area contributed by atoms with Gasteiger partial charge in [0, 0.05) is 9.68 Å². The van der Waals surface area contributed by atoms with Crippen LogP contribution in [-0.4, -0.2) is 9.68 Å². The quantitative estimate of drug-likeness (QED) is 0.544.